The van der Waals surface area contributed by atoms with E-state index >= 15 is 0 Å². The molecule has 2 aliphatic rings. The second-order valence-corrected chi connectivity index (χ2v) is 8.97. The van der Waals surface area contributed by atoms with Crippen molar-refractivity contribution >= 4 is 33.7 Å². The first-order valence-electron chi connectivity index (χ1n) is 10.6. The zero-order chi connectivity index (χ0) is 21.5. The van der Waals surface area contributed by atoms with Crippen LogP contribution in [0, 0.1) is 5.92 Å². The smallest absolute Gasteiger partial charge is 0.241 e. The Balaban J connectivity index is 1.68. The van der Waals surface area contributed by atoms with Crippen LogP contribution in [0.1, 0.15) is 39.0 Å². The van der Waals surface area contributed by atoms with Gasteiger partial charge in [-0.25, -0.2) is 0 Å². The third-order valence-corrected chi connectivity index (χ3v) is 6.23. The average Bonchev–Trinajstić information content (AvgIpc) is 2.74. The highest BCUT2D eigenvalue weighted by Gasteiger charge is 2.35. The Morgan fingerprint density at radius 3 is 2.57 bits per heavy atom. The normalized spacial score (nSPS) is 21.8. The molecule has 2 atom stereocenters. The van der Waals surface area contributed by atoms with E-state index in [9.17, 15) is 14.4 Å². The lowest BCUT2D eigenvalue weighted by Gasteiger charge is -2.39. The minimum atomic E-state index is -0.229. The highest BCUT2D eigenvalue weighted by Crippen LogP contribution is 2.28. The third kappa shape index (κ3) is 6.45. The molecule has 0 spiro atoms. The van der Waals surface area contributed by atoms with Gasteiger partial charge in [-0.1, -0.05) is 22.0 Å². The summed E-state index contributed by atoms with van der Waals surface area (Å²) in [6, 6.07) is 7.67. The monoisotopic (exact) mass is 479 g/mol. The molecular formula is C22H30BrN3O4. The summed E-state index contributed by atoms with van der Waals surface area (Å²) < 4.78 is 7.19. The van der Waals surface area contributed by atoms with Crippen LogP contribution in [0.4, 0.5) is 0 Å². The topological polar surface area (TPSA) is 79.0 Å². The molecule has 3 rings (SSSR count). The number of carbonyl (C=O) groups is 3. The number of hydrogen-bond acceptors (Lipinski definition) is 4. The molecule has 3 amide bonds. The Morgan fingerprint density at radius 1 is 1.10 bits per heavy atom. The Bertz CT molecular complexity index is 767. The second-order valence-electron chi connectivity index (χ2n) is 8.06. The van der Waals surface area contributed by atoms with Gasteiger partial charge in [0.1, 0.15) is 11.9 Å². The van der Waals surface area contributed by atoms with Crippen LogP contribution in [0.3, 0.4) is 0 Å². The number of benzene rings is 1. The van der Waals surface area contributed by atoms with Gasteiger partial charge >= 0.3 is 0 Å². The van der Waals surface area contributed by atoms with E-state index in [-0.39, 0.29) is 36.3 Å². The van der Waals surface area contributed by atoms with Gasteiger partial charge in [-0.2, -0.15) is 0 Å². The summed E-state index contributed by atoms with van der Waals surface area (Å²) in [7, 11) is 0. The molecule has 1 N–H and O–H groups in total. The number of piperidine rings is 2. The van der Waals surface area contributed by atoms with Crippen molar-refractivity contribution in [2.45, 2.75) is 45.1 Å². The van der Waals surface area contributed by atoms with Gasteiger partial charge in [0.05, 0.1) is 6.54 Å². The molecule has 8 heteroatoms. The van der Waals surface area contributed by atoms with Gasteiger partial charge in [-0.15, -0.1) is 0 Å². The Morgan fingerprint density at radius 2 is 1.87 bits per heavy atom. The molecular weight excluding hydrogens is 450 g/mol. The lowest BCUT2D eigenvalue weighted by molar-refractivity contribution is -0.139. The van der Waals surface area contributed by atoms with Crippen LogP contribution in [0.15, 0.2) is 28.7 Å². The maximum Gasteiger partial charge on any atom is 0.241 e. The minimum Gasteiger partial charge on any atom is -0.490 e. The summed E-state index contributed by atoms with van der Waals surface area (Å²) in [6.07, 6.45) is 4.15. The molecule has 2 aliphatic heterocycles. The van der Waals surface area contributed by atoms with E-state index in [1.807, 2.05) is 29.2 Å². The summed E-state index contributed by atoms with van der Waals surface area (Å²) >= 11 is 3.46. The van der Waals surface area contributed by atoms with Crippen molar-refractivity contribution in [3.8, 4) is 5.75 Å². The van der Waals surface area contributed by atoms with Gasteiger partial charge < -0.3 is 19.9 Å². The molecule has 0 saturated carbocycles. The number of amides is 3. The van der Waals surface area contributed by atoms with E-state index in [0.717, 1.165) is 36.2 Å². The number of carbonyl (C=O) groups excluding carboxylic acids is 3. The van der Waals surface area contributed by atoms with E-state index < -0.39 is 0 Å². The van der Waals surface area contributed by atoms with Crippen LogP contribution in [0.2, 0.25) is 0 Å². The van der Waals surface area contributed by atoms with E-state index in [4.69, 9.17) is 4.74 Å². The fourth-order valence-corrected chi connectivity index (χ4v) is 4.49. The molecule has 30 heavy (non-hydrogen) atoms. The van der Waals surface area contributed by atoms with Crippen LogP contribution < -0.4 is 10.1 Å². The fourth-order valence-electron chi connectivity index (χ4n) is 4.11. The molecule has 2 saturated heterocycles. The summed E-state index contributed by atoms with van der Waals surface area (Å²) in [5, 5.41) is 2.57. The summed E-state index contributed by atoms with van der Waals surface area (Å²) in [5.41, 5.74) is 0. The van der Waals surface area contributed by atoms with Gasteiger partial charge in [0.25, 0.3) is 0 Å². The predicted octanol–water partition coefficient (Wildman–Crippen LogP) is 2.58. The molecule has 7 nitrogen and oxygen atoms in total. The van der Waals surface area contributed by atoms with E-state index in [1.165, 1.54) is 13.3 Å². The molecule has 0 aliphatic carbocycles. The lowest BCUT2D eigenvalue weighted by Crippen LogP contribution is -2.51. The molecule has 0 aromatic heterocycles. The lowest BCUT2D eigenvalue weighted by atomic mass is 9.90. The Kier molecular flexibility index (Phi) is 8.13. The van der Waals surface area contributed by atoms with E-state index in [1.54, 1.807) is 4.90 Å². The Hall–Kier alpha value is -2.09. The first-order chi connectivity index (χ1) is 14.4. The van der Waals surface area contributed by atoms with Crippen molar-refractivity contribution in [2.75, 3.05) is 32.7 Å². The van der Waals surface area contributed by atoms with Gasteiger partial charge in [0, 0.05) is 56.3 Å². The van der Waals surface area contributed by atoms with Crippen molar-refractivity contribution in [3.63, 3.8) is 0 Å². The molecule has 2 heterocycles. The molecule has 164 valence electrons. The highest BCUT2D eigenvalue weighted by atomic mass is 79.9. The van der Waals surface area contributed by atoms with Gasteiger partial charge in [0.2, 0.25) is 17.7 Å². The van der Waals surface area contributed by atoms with Crippen molar-refractivity contribution in [1.29, 1.82) is 0 Å². The van der Waals surface area contributed by atoms with Gasteiger partial charge in [-0.3, -0.25) is 14.4 Å². The molecule has 0 radical (unpaired) electrons. The van der Waals surface area contributed by atoms with Crippen LogP contribution in [-0.4, -0.2) is 66.3 Å². The first-order valence-corrected chi connectivity index (χ1v) is 11.4. The molecule has 0 bridgehead atoms. The molecule has 1 aromatic carbocycles. The molecule has 2 fully saturated rings. The summed E-state index contributed by atoms with van der Waals surface area (Å²) in [6.45, 7) is 4.01. The SMILES string of the molecule is CC(=O)NCC(=O)N1CC[C@H](Oc2cccc(Br)c2)[C@@H](CC(=O)N2CCCCC2)C1. The summed E-state index contributed by atoms with van der Waals surface area (Å²) in [4.78, 5) is 40.3. The number of nitrogens with zero attached hydrogens (tertiary/aromatic N) is 2. The molecule has 0 unspecified atom stereocenters. The molecule has 1 aromatic rings. The second kappa shape index (κ2) is 10.8. The first kappa shape index (κ1) is 22.6. The van der Waals surface area contributed by atoms with E-state index in [0.29, 0.717) is 25.9 Å². The van der Waals surface area contributed by atoms with Crippen molar-refractivity contribution in [1.82, 2.24) is 15.1 Å². The van der Waals surface area contributed by atoms with Crippen LogP contribution in [0.5, 0.6) is 5.75 Å². The van der Waals surface area contributed by atoms with Crippen molar-refractivity contribution in [2.24, 2.45) is 5.92 Å². The predicted molar refractivity (Wildman–Crippen MR) is 117 cm³/mol. The Labute approximate surface area is 186 Å². The van der Waals surface area contributed by atoms with Crippen LogP contribution in [0.25, 0.3) is 0 Å². The van der Waals surface area contributed by atoms with Crippen molar-refractivity contribution in [3.05, 3.63) is 28.7 Å². The number of halogens is 1. The van der Waals surface area contributed by atoms with E-state index in [2.05, 4.69) is 21.2 Å². The summed E-state index contributed by atoms with van der Waals surface area (Å²) in [5.74, 6) is 0.449. The zero-order valence-corrected chi connectivity index (χ0v) is 19.0. The van der Waals surface area contributed by atoms with Crippen LogP contribution in [-0.2, 0) is 14.4 Å². The number of rotatable bonds is 6. The number of ether oxygens (including phenoxy) is 1. The van der Waals surface area contributed by atoms with Crippen molar-refractivity contribution < 1.29 is 19.1 Å². The largest absolute Gasteiger partial charge is 0.490 e. The quantitative estimate of drug-likeness (QED) is 0.679. The third-order valence-electron chi connectivity index (χ3n) is 5.73. The minimum absolute atomic E-state index is 0.0146. The maximum atomic E-state index is 12.9. The van der Waals surface area contributed by atoms with Gasteiger partial charge in [0.15, 0.2) is 0 Å². The van der Waals surface area contributed by atoms with Crippen LogP contribution >= 0.6 is 15.9 Å². The average molecular weight is 480 g/mol. The fraction of sp³-hybridized carbons (Fsp3) is 0.591. The number of nitrogens with one attached hydrogen (secondary N) is 1. The standard InChI is InChI=1S/C22H30BrN3O4/c1-16(27)24-14-22(29)26-11-8-20(30-19-7-5-6-18(23)13-19)17(15-26)12-21(28)25-9-3-2-4-10-25/h5-7,13,17,20H,2-4,8-12,14-15H2,1H3,(H,24,27)/t17-,20-/m0/s1. The highest BCUT2D eigenvalue weighted by molar-refractivity contribution is 9.10. The van der Waals surface area contributed by atoms with Gasteiger partial charge in [-0.05, 0) is 37.5 Å². The zero-order valence-electron chi connectivity index (χ0n) is 17.4. The number of hydrogen-bond donors (Lipinski definition) is 1. The maximum absolute atomic E-state index is 12.9. The number of likely N-dealkylation sites (tertiary alicyclic amines) is 2.